The molecular weight excluding hydrogens is 272 g/mol. The van der Waals surface area contributed by atoms with E-state index in [9.17, 15) is 5.11 Å². The number of benzene rings is 1. The zero-order chi connectivity index (χ0) is 15.1. The number of aromatic hydroxyl groups is 1. The van der Waals surface area contributed by atoms with Crippen molar-refractivity contribution in [2.24, 2.45) is 5.92 Å². The molecule has 114 valence electrons. The lowest BCUT2D eigenvalue weighted by Gasteiger charge is -2.46. The Labute approximate surface area is 130 Å². The summed E-state index contributed by atoms with van der Waals surface area (Å²) in [5, 5.41) is 11.1. The van der Waals surface area contributed by atoms with E-state index >= 15 is 0 Å². The van der Waals surface area contributed by atoms with Gasteiger partial charge in [0.2, 0.25) is 0 Å². The number of nitrogens with one attached hydrogen (secondary N) is 1. The van der Waals surface area contributed by atoms with E-state index in [0.717, 1.165) is 6.42 Å². The van der Waals surface area contributed by atoms with Crippen molar-refractivity contribution in [2.75, 3.05) is 19.6 Å². The standard InChI is InChI=1S/C19H22N2O/c1-3-12-11-21-8-6-14-15-10-13(22)4-5-17(15)20-18(14)19(21,2)16(12)7-9-21/h3-5,10,16,20H,6-9,11H2,1-2H3/p+1/b12-3+/t16-,19-,21+/m0/s1. The fraction of sp³-hybridized carbons (Fsp3) is 0.474. The van der Waals surface area contributed by atoms with Crippen molar-refractivity contribution in [3.05, 3.63) is 41.1 Å². The number of nitrogens with zero attached hydrogens (tertiary/aromatic N) is 1. The second-order valence-electron chi connectivity index (χ2n) is 7.56. The lowest BCUT2D eigenvalue weighted by atomic mass is 9.78. The molecule has 0 radical (unpaired) electrons. The van der Waals surface area contributed by atoms with Crippen LogP contribution in [0.3, 0.4) is 0 Å². The predicted octanol–water partition coefficient (Wildman–Crippen LogP) is 3.44. The SMILES string of the molecule is C/C=C1\C[N@+]23CCc4c([nH]c5ccc(O)cc45)[C@]2(C)[C@H]1CC3. The van der Waals surface area contributed by atoms with Crippen LogP contribution in [0, 0.1) is 5.92 Å². The zero-order valence-corrected chi connectivity index (χ0v) is 13.3. The predicted molar refractivity (Wildman–Crippen MR) is 87.7 cm³/mol. The molecule has 0 spiro atoms. The highest BCUT2D eigenvalue weighted by Crippen LogP contribution is 2.60. The number of aromatic nitrogens is 1. The molecule has 3 aliphatic heterocycles. The van der Waals surface area contributed by atoms with Gasteiger partial charge >= 0.3 is 0 Å². The van der Waals surface area contributed by atoms with Gasteiger partial charge in [-0.05, 0) is 43.2 Å². The summed E-state index contributed by atoms with van der Waals surface area (Å²) in [7, 11) is 0. The van der Waals surface area contributed by atoms with E-state index in [4.69, 9.17) is 0 Å². The van der Waals surface area contributed by atoms with Crippen LogP contribution in [-0.4, -0.2) is 34.2 Å². The summed E-state index contributed by atoms with van der Waals surface area (Å²) in [4.78, 5) is 3.74. The molecule has 1 aromatic carbocycles. The fourth-order valence-electron chi connectivity index (χ4n) is 5.85. The molecule has 0 unspecified atom stereocenters. The number of H-pyrrole nitrogens is 1. The van der Waals surface area contributed by atoms with Gasteiger partial charge in [0, 0.05) is 23.7 Å². The van der Waals surface area contributed by atoms with Gasteiger partial charge in [-0.3, -0.25) is 0 Å². The van der Waals surface area contributed by atoms with Gasteiger partial charge in [-0.1, -0.05) is 6.08 Å². The van der Waals surface area contributed by atoms with Crippen LogP contribution in [0.1, 0.15) is 31.5 Å². The summed E-state index contributed by atoms with van der Waals surface area (Å²) < 4.78 is 1.24. The summed E-state index contributed by atoms with van der Waals surface area (Å²) in [5.41, 5.74) is 5.93. The van der Waals surface area contributed by atoms with Crippen LogP contribution in [0.2, 0.25) is 0 Å². The number of phenols is 1. The molecule has 4 heterocycles. The largest absolute Gasteiger partial charge is 0.508 e. The van der Waals surface area contributed by atoms with Gasteiger partial charge in [-0.25, -0.2) is 0 Å². The molecule has 3 aliphatic rings. The molecule has 3 atom stereocenters. The highest BCUT2D eigenvalue weighted by atomic mass is 16.3. The maximum absolute atomic E-state index is 9.87. The van der Waals surface area contributed by atoms with Gasteiger partial charge in [0.05, 0.1) is 24.7 Å². The Bertz CT molecular complexity index is 833. The average molecular weight is 295 g/mol. The molecular formula is C19H23N2O+. The second kappa shape index (κ2) is 3.77. The van der Waals surface area contributed by atoms with E-state index in [2.05, 4.69) is 24.9 Å². The molecule has 22 heavy (non-hydrogen) atoms. The summed E-state index contributed by atoms with van der Waals surface area (Å²) >= 11 is 0. The molecule has 5 rings (SSSR count). The van der Waals surface area contributed by atoms with Crippen molar-refractivity contribution < 1.29 is 9.59 Å². The van der Waals surface area contributed by atoms with Crippen LogP contribution in [0.15, 0.2) is 29.8 Å². The van der Waals surface area contributed by atoms with E-state index < -0.39 is 0 Å². The van der Waals surface area contributed by atoms with Gasteiger partial charge in [-0.2, -0.15) is 0 Å². The zero-order valence-electron chi connectivity index (χ0n) is 13.3. The summed E-state index contributed by atoms with van der Waals surface area (Å²) in [5.74, 6) is 1.05. The number of aromatic amines is 1. The van der Waals surface area contributed by atoms with Gasteiger partial charge in [-0.15, -0.1) is 0 Å². The molecule has 2 saturated heterocycles. The molecule has 2 aromatic rings. The van der Waals surface area contributed by atoms with E-state index in [1.165, 1.54) is 52.7 Å². The fourth-order valence-corrected chi connectivity index (χ4v) is 5.85. The first kappa shape index (κ1) is 12.8. The Morgan fingerprint density at radius 1 is 1.36 bits per heavy atom. The lowest BCUT2D eigenvalue weighted by Crippen LogP contribution is -2.58. The van der Waals surface area contributed by atoms with Crippen molar-refractivity contribution in [3.63, 3.8) is 0 Å². The first-order valence-corrected chi connectivity index (χ1v) is 8.44. The quantitative estimate of drug-likeness (QED) is 0.567. The van der Waals surface area contributed by atoms with Crippen LogP contribution >= 0.6 is 0 Å². The molecule has 2 bridgehead atoms. The molecule has 0 aliphatic carbocycles. The third-order valence-electron chi connectivity index (χ3n) is 7.00. The Morgan fingerprint density at radius 3 is 3.05 bits per heavy atom. The number of hydrogen-bond donors (Lipinski definition) is 2. The second-order valence-corrected chi connectivity index (χ2v) is 7.56. The van der Waals surface area contributed by atoms with E-state index in [0.29, 0.717) is 11.7 Å². The monoisotopic (exact) mass is 295 g/mol. The maximum atomic E-state index is 9.87. The van der Waals surface area contributed by atoms with E-state index in [1.807, 2.05) is 12.1 Å². The minimum Gasteiger partial charge on any atom is -0.508 e. The Hall–Kier alpha value is -1.74. The average Bonchev–Trinajstić information content (AvgIpc) is 3.11. The van der Waals surface area contributed by atoms with Gasteiger partial charge < -0.3 is 14.6 Å². The van der Waals surface area contributed by atoms with Crippen LogP contribution in [0.25, 0.3) is 10.9 Å². The minimum atomic E-state index is 0.198. The molecule has 0 saturated carbocycles. The third kappa shape index (κ3) is 1.20. The minimum absolute atomic E-state index is 0.198. The smallest absolute Gasteiger partial charge is 0.144 e. The van der Waals surface area contributed by atoms with Crippen LogP contribution in [0.5, 0.6) is 5.75 Å². The van der Waals surface area contributed by atoms with Crippen molar-refractivity contribution in [1.29, 1.82) is 0 Å². The van der Waals surface area contributed by atoms with Gasteiger partial charge in [0.25, 0.3) is 0 Å². The normalized spacial score (nSPS) is 37.7. The number of fused-ring (bicyclic) bond motifs is 3. The van der Waals surface area contributed by atoms with Gasteiger partial charge in [0.15, 0.2) is 0 Å². The highest BCUT2D eigenvalue weighted by Gasteiger charge is 2.67. The summed E-state index contributed by atoms with van der Waals surface area (Å²) in [6.07, 6.45) is 4.80. The van der Waals surface area contributed by atoms with Crippen molar-refractivity contribution >= 4 is 10.9 Å². The summed E-state index contributed by atoms with van der Waals surface area (Å²) in [6.45, 7) is 8.47. The highest BCUT2D eigenvalue weighted by molar-refractivity contribution is 5.86. The molecule has 1 aromatic heterocycles. The van der Waals surface area contributed by atoms with Crippen LogP contribution < -0.4 is 0 Å². The number of piperidine rings is 1. The van der Waals surface area contributed by atoms with Crippen molar-refractivity contribution in [1.82, 2.24) is 4.98 Å². The molecule has 2 fully saturated rings. The number of phenolic OH excluding ortho intramolecular Hbond substituents is 1. The lowest BCUT2D eigenvalue weighted by molar-refractivity contribution is -0.961. The third-order valence-corrected chi connectivity index (χ3v) is 7.00. The first-order chi connectivity index (χ1) is 10.6. The number of quaternary nitrogens is 1. The van der Waals surface area contributed by atoms with Crippen LogP contribution in [0.4, 0.5) is 0 Å². The maximum Gasteiger partial charge on any atom is 0.144 e. The Kier molecular flexibility index (Phi) is 2.19. The molecule has 0 amide bonds. The Morgan fingerprint density at radius 2 is 2.23 bits per heavy atom. The summed E-state index contributed by atoms with van der Waals surface area (Å²) in [6, 6.07) is 5.75. The van der Waals surface area contributed by atoms with Crippen molar-refractivity contribution in [3.8, 4) is 5.75 Å². The molecule has 3 nitrogen and oxygen atoms in total. The first-order valence-electron chi connectivity index (χ1n) is 8.44. The van der Waals surface area contributed by atoms with E-state index in [-0.39, 0.29) is 5.54 Å². The van der Waals surface area contributed by atoms with Crippen LogP contribution in [-0.2, 0) is 12.0 Å². The molecule has 2 N–H and O–H groups in total. The van der Waals surface area contributed by atoms with Gasteiger partial charge in [0.1, 0.15) is 17.8 Å². The van der Waals surface area contributed by atoms with E-state index in [1.54, 1.807) is 11.6 Å². The number of allylic oxidation sites excluding steroid dienone is 1. The number of hydrogen-bond acceptors (Lipinski definition) is 1. The van der Waals surface area contributed by atoms with Crippen molar-refractivity contribution in [2.45, 2.75) is 32.2 Å². The Balaban J connectivity index is 1.82. The molecule has 3 heteroatoms. The number of rotatable bonds is 0. The topological polar surface area (TPSA) is 36.0 Å².